The average molecular weight is 240 g/mol. The summed E-state index contributed by atoms with van der Waals surface area (Å²) in [6.07, 6.45) is 0.315. The molecule has 0 spiro atoms. The van der Waals surface area contributed by atoms with E-state index in [2.05, 4.69) is 0 Å². The highest BCUT2D eigenvalue weighted by Crippen LogP contribution is 2.30. The molecule has 0 saturated heterocycles. The number of phenolic OH excluding ortho intramolecular Hbond substituents is 1. The van der Waals surface area contributed by atoms with E-state index in [1.165, 1.54) is 18.2 Å². The lowest BCUT2D eigenvalue weighted by Crippen LogP contribution is -2.26. The molecule has 6 heteroatoms. The molecule has 0 saturated carbocycles. The van der Waals surface area contributed by atoms with Gasteiger partial charge >= 0.3 is 0 Å². The molecule has 0 bridgehead atoms. The molecule has 0 aliphatic carbocycles. The van der Waals surface area contributed by atoms with Gasteiger partial charge in [-0.05, 0) is 18.6 Å². The second-order valence-electron chi connectivity index (χ2n) is 3.88. The lowest BCUT2D eigenvalue weighted by molar-refractivity contribution is -0.385. The molecule has 1 rings (SSSR count). The Kier molecular flexibility index (Phi) is 4.42. The zero-order chi connectivity index (χ0) is 13.0. The van der Waals surface area contributed by atoms with E-state index in [1.54, 1.807) is 0 Å². The fourth-order valence-corrected chi connectivity index (χ4v) is 1.66. The number of benzene rings is 1. The van der Waals surface area contributed by atoms with Gasteiger partial charge in [0.25, 0.3) is 5.69 Å². The van der Waals surface area contributed by atoms with Crippen molar-refractivity contribution < 1.29 is 15.1 Å². The Morgan fingerprint density at radius 3 is 2.71 bits per heavy atom. The van der Waals surface area contributed by atoms with Gasteiger partial charge in [-0.1, -0.05) is 13.3 Å². The first kappa shape index (κ1) is 13.4. The number of aliphatic hydroxyl groups is 1. The first-order chi connectivity index (χ1) is 7.97. The van der Waals surface area contributed by atoms with E-state index in [0.717, 1.165) is 6.42 Å². The number of nitrogens with two attached hydrogens (primary N) is 1. The number of phenols is 1. The number of aromatic hydroxyl groups is 1. The third-order valence-corrected chi connectivity index (χ3v) is 2.57. The van der Waals surface area contributed by atoms with E-state index in [1.807, 2.05) is 6.92 Å². The summed E-state index contributed by atoms with van der Waals surface area (Å²) >= 11 is 0. The van der Waals surface area contributed by atoms with Gasteiger partial charge in [-0.25, -0.2) is 0 Å². The maximum Gasteiger partial charge on any atom is 0.274 e. The van der Waals surface area contributed by atoms with Gasteiger partial charge in [-0.2, -0.15) is 0 Å². The van der Waals surface area contributed by atoms with Crippen molar-refractivity contribution in [1.29, 1.82) is 0 Å². The van der Waals surface area contributed by atoms with Crippen LogP contribution in [0, 0.1) is 10.1 Å². The molecule has 2 atom stereocenters. The van der Waals surface area contributed by atoms with Crippen LogP contribution in [-0.4, -0.2) is 21.2 Å². The quantitative estimate of drug-likeness (QED) is 0.533. The molecule has 17 heavy (non-hydrogen) atoms. The van der Waals surface area contributed by atoms with Gasteiger partial charge in [0, 0.05) is 6.07 Å². The van der Waals surface area contributed by atoms with Crippen LogP contribution in [0.2, 0.25) is 0 Å². The van der Waals surface area contributed by atoms with E-state index >= 15 is 0 Å². The SMILES string of the molecule is CCC[C@@H](O)[C@@H](N)c1cc(O)ccc1[N+](=O)[O-]. The molecular formula is C11H16N2O4. The topological polar surface area (TPSA) is 110 Å². The number of nitrogens with zero attached hydrogens (tertiary/aromatic N) is 1. The molecule has 6 nitrogen and oxygen atoms in total. The zero-order valence-corrected chi connectivity index (χ0v) is 9.54. The highest BCUT2D eigenvalue weighted by molar-refractivity contribution is 5.46. The van der Waals surface area contributed by atoms with Crippen LogP contribution >= 0.6 is 0 Å². The molecule has 0 aromatic heterocycles. The standard InChI is InChI=1S/C11H16N2O4/c1-2-3-10(15)11(12)8-6-7(14)4-5-9(8)13(16)17/h4-6,10-11,14-15H,2-3,12H2,1H3/t10-,11+/m1/s1. The van der Waals surface area contributed by atoms with Crippen LogP contribution in [0.5, 0.6) is 5.75 Å². The van der Waals surface area contributed by atoms with Gasteiger partial charge in [0.15, 0.2) is 0 Å². The van der Waals surface area contributed by atoms with E-state index in [-0.39, 0.29) is 17.0 Å². The Labute approximate surface area is 98.8 Å². The normalized spacial score (nSPS) is 14.3. The third kappa shape index (κ3) is 3.15. The van der Waals surface area contributed by atoms with Gasteiger partial charge < -0.3 is 15.9 Å². The van der Waals surface area contributed by atoms with Crippen LogP contribution in [0.15, 0.2) is 18.2 Å². The van der Waals surface area contributed by atoms with Crippen molar-refractivity contribution in [2.24, 2.45) is 5.73 Å². The van der Waals surface area contributed by atoms with Gasteiger partial charge in [0.05, 0.1) is 22.6 Å². The molecule has 0 amide bonds. The average Bonchev–Trinajstić information content (AvgIpc) is 2.27. The van der Waals surface area contributed by atoms with Crippen molar-refractivity contribution >= 4 is 5.69 Å². The number of hydrogen-bond donors (Lipinski definition) is 3. The Morgan fingerprint density at radius 1 is 1.53 bits per heavy atom. The van der Waals surface area contributed by atoms with Crippen LogP contribution < -0.4 is 5.73 Å². The molecular weight excluding hydrogens is 224 g/mol. The van der Waals surface area contributed by atoms with E-state index in [4.69, 9.17) is 5.73 Å². The number of nitro benzene ring substituents is 1. The fourth-order valence-electron chi connectivity index (χ4n) is 1.66. The summed E-state index contributed by atoms with van der Waals surface area (Å²) in [4.78, 5) is 10.2. The monoisotopic (exact) mass is 240 g/mol. The molecule has 1 aromatic carbocycles. The highest BCUT2D eigenvalue weighted by Gasteiger charge is 2.24. The molecule has 0 aliphatic rings. The minimum absolute atomic E-state index is 0.107. The predicted octanol–water partition coefficient (Wildman–Crippen LogP) is 1.46. The third-order valence-electron chi connectivity index (χ3n) is 2.57. The first-order valence-electron chi connectivity index (χ1n) is 5.38. The van der Waals surface area contributed by atoms with Crippen molar-refractivity contribution in [3.63, 3.8) is 0 Å². The van der Waals surface area contributed by atoms with Gasteiger partial charge in [-0.15, -0.1) is 0 Å². The highest BCUT2D eigenvalue weighted by atomic mass is 16.6. The fraction of sp³-hybridized carbons (Fsp3) is 0.455. The van der Waals surface area contributed by atoms with Crippen LogP contribution in [0.1, 0.15) is 31.4 Å². The number of hydrogen-bond acceptors (Lipinski definition) is 5. The second-order valence-corrected chi connectivity index (χ2v) is 3.88. The summed E-state index contributed by atoms with van der Waals surface area (Å²) in [6, 6.07) is 2.76. The van der Waals surface area contributed by atoms with Crippen LogP contribution in [0.3, 0.4) is 0 Å². The summed E-state index contributed by atoms with van der Waals surface area (Å²) in [7, 11) is 0. The molecule has 0 radical (unpaired) electrons. The van der Waals surface area contributed by atoms with E-state index in [0.29, 0.717) is 6.42 Å². The number of rotatable bonds is 5. The summed E-state index contributed by atoms with van der Waals surface area (Å²) < 4.78 is 0. The van der Waals surface area contributed by atoms with Gasteiger partial charge in [0.1, 0.15) is 5.75 Å². The summed E-state index contributed by atoms with van der Waals surface area (Å²) in [5.41, 5.74) is 5.73. The zero-order valence-electron chi connectivity index (χ0n) is 9.54. The Balaban J connectivity index is 3.10. The van der Waals surface area contributed by atoms with Crippen LogP contribution in [0.25, 0.3) is 0 Å². The molecule has 0 heterocycles. The Hall–Kier alpha value is -1.66. The molecule has 94 valence electrons. The summed E-state index contributed by atoms with van der Waals surface area (Å²) in [6.45, 7) is 1.88. The predicted molar refractivity (Wildman–Crippen MR) is 62.6 cm³/mol. The smallest absolute Gasteiger partial charge is 0.274 e. The van der Waals surface area contributed by atoms with E-state index in [9.17, 15) is 20.3 Å². The van der Waals surface area contributed by atoms with E-state index < -0.39 is 17.1 Å². The molecule has 0 aliphatic heterocycles. The largest absolute Gasteiger partial charge is 0.508 e. The minimum Gasteiger partial charge on any atom is -0.508 e. The van der Waals surface area contributed by atoms with Crippen LogP contribution in [-0.2, 0) is 0 Å². The maximum atomic E-state index is 10.8. The van der Waals surface area contributed by atoms with Gasteiger partial charge in [-0.3, -0.25) is 10.1 Å². The molecule has 1 aromatic rings. The lowest BCUT2D eigenvalue weighted by atomic mass is 9.97. The summed E-state index contributed by atoms with van der Waals surface area (Å²) in [5, 5.41) is 29.9. The van der Waals surface area contributed by atoms with Crippen molar-refractivity contribution in [1.82, 2.24) is 0 Å². The van der Waals surface area contributed by atoms with Crippen molar-refractivity contribution in [3.8, 4) is 5.75 Å². The van der Waals surface area contributed by atoms with Crippen molar-refractivity contribution in [2.45, 2.75) is 31.9 Å². The van der Waals surface area contributed by atoms with Gasteiger partial charge in [0.2, 0.25) is 0 Å². The Bertz CT molecular complexity index is 408. The number of nitro groups is 1. The second kappa shape index (κ2) is 5.60. The summed E-state index contributed by atoms with van der Waals surface area (Å²) in [5.74, 6) is -0.107. The molecule has 4 N–H and O–H groups in total. The Morgan fingerprint density at radius 2 is 2.18 bits per heavy atom. The maximum absolute atomic E-state index is 10.8. The number of aliphatic hydroxyl groups excluding tert-OH is 1. The molecule has 0 fully saturated rings. The minimum atomic E-state index is -0.873. The van der Waals surface area contributed by atoms with Crippen LogP contribution in [0.4, 0.5) is 5.69 Å². The lowest BCUT2D eigenvalue weighted by Gasteiger charge is -2.18. The van der Waals surface area contributed by atoms with Crippen molar-refractivity contribution in [3.05, 3.63) is 33.9 Å². The molecule has 0 unspecified atom stereocenters. The van der Waals surface area contributed by atoms with Crippen molar-refractivity contribution in [2.75, 3.05) is 0 Å². The first-order valence-corrected chi connectivity index (χ1v) is 5.38.